The number of nitrogens with zero attached hydrogens (tertiary/aromatic N) is 2. The molecule has 0 amide bonds. The van der Waals surface area contributed by atoms with Gasteiger partial charge in [-0.25, -0.2) is 23.8 Å². The number of benzene rings is 1. The van der Waals surface area contributed by atoms with Crippen LogP contribution in [-0.2, 0) is 18.9 Å². The summed E-state index contributed by atoms with van der Waals surface area (Å²) in [5, 5.41) is 0. The average molecular weight is 835 g/mol. The van der Waals surface area contributed by atoms with E-state index in [0.29, 0.717) is 29.5 Å². The molecule has 0 unspecified atom stereocenters. The maximum Gasteiger partial charge on any atom is 0.460 e. The van der Waals surface area contributed by atoms with Crippen LogP contribution in [0.2, 0.25) is 0 Å². The van der Waals surface area contributed by atoms with Gasteiger partial charge in [0.1, 0.15) is 25.1 Å². The minimum Gasteiger partial charge on any atom is -0.491 e. The maximum absolute atomic E-state index is 13.9. The highest BCUT2D eigenvalue weighted by Gasteiger charge is 2.85. The smallest absolute Gasteiger partial charge is 0.460 e. The summed E-state index contributed by atoms with van der Waals surface area (Å²) < 4.78 is 233. The summed E-state index contributed by atoms with van der Waals surface area (Å²) in [6.07, 6.45) is -28.0. The number of hydrogen-bond donors (Lipinski definition) is 0. The molecule has 316 valence electrons. The molecule has 0 radical (unpaired) electrons. The molecule has 0 bridgehead atoms. The van der Waals surface area contributed by atoms with Crippen LogP contribution >= 0.6 is 0 Å². The Hall–Kier alpha value is -3.38. The van der Waals surface area contributed by atoms with Gasteiger partial charge in [-0.2, -0.15) is 65.9 Å². The monoisotopic (exact) mass is 834 g/mol. The minimum absolute atomic E-state index is 0.176. The van der Waals surface area contributed by atoms with Crippen molar-refractivity contribution in [1.82, 2.24) is 9.97 Å². The fourth-order valence-electron chi connectivity index (χ4n) is 4.02. The highest BCUT2D eigenvalue weighted by atomic mass is 19.4. The Bertz CT molecular complexity index is 1420. The zero-order chi connectivity index (χ0) is 41.8. The van der Waals surface area contributed by atoms with E-state index in [1.165, 1.54) is 30.0 Å². The predicted octanol–water partition coefficient (Wildman–Crippen LogP) is 9.87. The van der Waals surface area contributed by atoms with E-state index in [1.54, 1.807) is 24.3 Å². The van der Waals surface area contributed by atoms with Crippen molar-refractivity contribution in [3.63, 3.8) is 0 Å². The Morgan fingerprint density at radius 1 is 0.564 bits per heavy atom. The number of alkyl halides is 16. The molecule has 1 atom stereocenters. The van der Waals surface area contributed by atoms with E-state index in [4.69, 9.17) is 14.2 Å². The molecule has 55 heavy (non-hydrogen) atoms. The lowest BCUT2D eigenvalue weighted by Gasteiger charge is -2.36. The van der Waals surface area contributed by atoms with Gasteiger partial charge in [-0.1, -0.05) is 39.0 Å². The molecule has 0 aliphatic carbocycles. The van der Waals surface area contributed by atoms with Gasteiger partial charge in [0.05, 0.1) is 38.8 Å². The second-order valence-electron chi connectivity index (χ2n) is 11.5. The van der Waals surface area contributed by atoms with Gasteiger partial charge in [-0.15, -0.1) is 0 Å². The fraction of sp³-hybridized carbons (Fsp3) is 0.677. The van der Waals surface area contributed by atoms with Crippen molar-refractivity contribution < 1.29 is 98.7 Å². The number of rotatable bonds is 26. The summed E-state index contributed by atoms with van der Waals surface area (Å²) in [4.78, 5) is 8.51. The SMILES string of the molecule is CCCCCCCCOc1cnc(-c2ccc(OCCOC[C@@H](F)COCC(F)(F)OC(F)(F)C(F)(F)OC(F)(F)C(F)(F)C(F)(F)C(F)(F)F)cc2)nc1. The van der Waals surface area contributed by atoms with Crippen molar-refractivity contribution in [1.29, 1.82) is 0 Å². The minimum atomic E-state index is -7.97. The Balaban J connectivity index is 1.73. The molecule has 1 aromatic heterocycles. The maximum atomic E-state index is 13.9. The largest absolute Gasteiger partial charge is 0.491 e. The Labute approximate surface area is 302 Å². The molecular formula is C31H34F16N2O6. The topological polar surface area (TPSA) is 81.2 Å². The van der Waals surface area contributed by atoms with Gasteiger partial charge in [-0.05, 0) is 30.7 Å². The third-order valence-corrected chi connectivity index (χ3v) is 6.86. The van der Waals surface area contributed by atoms with Crippen LogP contribution in [0.15, 0.2) is 36.7 Å². The van der Waals surface area contributed by atoms with Gasteiger partial charge in [0.2, 0.25) is 0 Å². The van der Waals surface area contributed by atoms with E-state index < -0.39 is 68.4 Å². The number of halogens is 16. The summed E-state index contributed by atoms with van der Waals surface area (Å²) >= 11 is 0. The van der Waals surface area contributed by atoms with E-state index in [1.807, 2.05) is 0 Å². The summed E-state index contributed by atoms with van der Waals surface area (Å²) in [6, 6.07) is 6.37. The average Bonchev–Trinajstić information content (AvgIpc) is 3.06. The summed E-state index contributed by atoms with van der Waals surface area (Å²) in [5.41, 5.74) is 0.631. The second kappa shape index (κ2) is 19.7. The first kappa shape index (κ1) is 47.8. The van der Waals surface area contributed by atoms with Gasteiger partial charge in [0.25, 0.3) is 0 Å². The Kier molecular flexibility index (Phi) is 17.1. The summed E-state index contributed by atoms with van der Waals surface area (Å²) in [5.74, 6) is -14.6. The Morgan fingerprint density at radius 3 is 1.67 bits per heavy atom. The number of aromatic nitrogens is 2. The molecule has 1 aromatic carbocycles. The van der Waals surface area contributed by atoms with E-state index in [-0.39, 0.29) is 13.2 Å². The van der Waals surface area contributed by atoms with Gasteiger partial charge in [0, 0.05) is 5.56 Å². The lowest BCUT2D eigenvalue weighted by Crippen LogP contribution is -2.64. The quantitative estimate of drug-likeness (QED) is 0.0685. The third-order valence-electron chi connectivity index (χ3n) is 6.86. The number of hydrogen-bond acceptors (Lipinski definition) is 8. The normalized spacial score (nSPS) is 14.3. The molecule has 0 aliphatic heterocycles. The fourth-order valence-corrected chi connectivity index (χ4v) is 4.02. The first-order chi connectivity index (χ1) is 25.3. The Morgan fingerprint density at radius 2 is 1.09 bits per heavy atom. The molecule has 1 heterocycles. The van der Waals surface area contributed by atoms with Crippen LogP contribution in [-0.4, -0.2) is 98.2 Å². The molecule has 2 rings (SSSR count). The van der Waals surface area contributed by atoms with E-state index in [0.717, 1.165) is 25.7 Å². The van der Waals surface area contributed by atoms with Crippen molar-refractivity contribution in [3.05, 3.63) is 36.7 Å². The van der Waals surface area contributed by atoms with Crippen molar-refractivity contribution in [2.45, 2.75) is 94.1 Å². The third kappa shape index (κ3) is 13.9. The second-order valence-corrected chi connectivity index (χ2v) is 11.5. The molecule has 0 saturated heterocycles. The van der Waals surface area contributed by atoms with Crippen molar-refractivity contribution in [3.8, 4) is 22.9 Å². The van der Waals surface area contributed by atoms with Crippen molar-refractivity contribution in [2.24, 2.45) is 0 Å². The van der Waals surface area contributed by atoms with Gasteiger partial charge < -0.3 is 18.9 Å². The van der Waals surface area contributed by atoms with Gasteiger partial charge in [0.15, 0.2) is 11.6 Å². The number of ether oxygens (including phenoxy) is 6. The standard InChI is InChI=1S/C31H34F16N2O6/c1-2-3-4-5-6-7-12-52-23-15-48-24(49-16-23)20-8-10-22(11-9-20)53-14-13-50-17-21(32)18-51-19-25(33,34)54-30(44,45)31(46,47)55-29(42,43)27(37,38)26(35,36)28(39,40)41/h8-11,15-16,21H,2-7,12-14,17-19H2,1H3/t21-/m1/s1. The van der Waals surface area contributed by atoms with Crippen molar-refractivity contribution in [2.75, 3.05) is 39.6 Å². The molecular weight excluding hydrogens is 800 g/mol. The molecule has 24 heteroatoms. The molecule has 0 N–H and O–H groups in total. The summed E-state index contributed by atoms with van der Waals surface area (Å²) in [7, 11) is 0. The van der Waals surface area contributed by atoms with Crippen LogP contribution in [0.25, 0.3) is 11.4 Å². The molecule has 8 nitrogen and oxygen atoms in total. The van der Waals surface area contributed by atoms with Crippen LogP contribution in [0.1, 0.15) is 45.4 Å². The van der Waals surface area contributed by atoms with E-state index in [9.17, 15) is 70.2 Å². The van der Waals surface area contributed by atoms with Crippen LogP contribution in [0, 0.1) is 0 Å². The first-order valence-corrected chi connectivity index (χ1v) is 16.0. The molecule has 0 fully saturated rings. The highest BCUT2D eigenvalue weighted by Crippen LogP contribution is 2.56. The molecule has 0 spiro atoms. The molecule has 0 saturated carbocycles. The number of unbranched alkanes of at least 4 members (excludes halogenated alkanes) is 5. The van der Waals surface area contributed by atoms with E-state index >= 15 is 0 Å². The van der Waals surface area contributed by atoms with E-state index in [2.05, 4.69) is 26.4 Å². The van der Waals surface area contributed by atoms with Crippen molar-refractivity contribution >= 4 is 0 Å². The van der Waals surface area contributed by atoms with Crippen LogP contribution in [0.3, 0.4) is 0 Å². The first-order valence-electron chi connectivity index (χ1n) is 16.0. The van der Waals surface area contributed by atoms with Crippen LogP contribution < -0.4 is 9.47 Å². The zero-order valence-electron chi connectivity index (χ0n) is 28.4. The van der Waals surface area contributed by atoms with Gasteiger partial charge >= 0.3 is 42.5 Å². The van der Waals surface area contributed by atoms with Crippen LogP contribution in [0.5, 0.6) is 11.5 Å². The lowest BCUT2D eigenvalue weighted by molar-refractivity contribution is -0.543. The predicted molar refractivity (Wildman–Crippen MR) is 156 cm³/mol. The zero-order valence-corrected chi connectivity index (χ0v) is 28.4. The molecule has 2 aromatic rings. The highest BCUT2D eigenvalue weighted by molar-refractivity contribution is 5.56. The lowest BCUT2D eigenvalue weighted by atomic mass is 10.1. The van der Waals surface area contributed by atoms with Gasteiger partial charge in [-0.3, -0.25) is 0 Å². The molecule has 0 aliphatic rings. The summed E-state index contributed by atoms with van der Waals surface area (Å²) in [6.45, 7) is -2.63. The van der Waals surface area contributed by atoms with Crippen LogP contribution in [0.4, 0.5) is 70.2 Å².